The summed E-state index contributed by atoms with van der Waals surface area (Å²) in [5.41, 5.74) is 2.31. The van der Waals surface area contributed by atoms with Crippen LogP contribution in [0.1, 0.15) is 11.1 Å². The van der Waals surface area contributed by atoms with Gasteiger partial charge in [0.15, 0.2) is 0 Å². The molecule has 1 heterocycles. The number of hydrogen-bond donors (Lipinski definition) is 1. The zero-order chi connectivity index (χ0) is 13.7. The van der Waals surface area contributed by atoms with E-state index in [1.165, 1.54) is 0 Å². The van der Waals surface area contributed by atoms with E-state index in [1.54, 1.807) is 24.3 Å². The Balaban J connectivity index is 2.65. The topological polar surface area (TPSA) is 50.4 Å². The minimum atomic E-state index is -0.242. The average Bonchev–Trinajstić information content (AvgIpc) is 2.35. The third-order valence-electron chi connectivity index (χ3n) is 3.40. The van der Waals surface area contributed by atoms with Gasteiger partial charge < -0.3 is 9.52 Å². The number of phenols is 1. The predicted molar refractivity (Wildman–Crippen MR) is 76.1 cm³/mol. The summed E-state index contributed by atoms with van der Waals surface area (Å²) in [4.78, 5) is 12.4. The predicted octanol–water partition coefficient (Wildman–Crippen LogP) is 3.92. The summed E-state index contributed by atoms with van der Waals surface area (Å²) in [7, 11) is 0. The van der Waals surface area contributed by atoms with E-state index in [0.29, 0.717) is 21.6 Å². The molecule has 0 saturated heterocycles. The van der Waals surface area contributed by atoms with Crippen LogP contribution in [0.25, 0.3) is 21.9 Å². The highest BCUT2D eigenvalue weighted by molar-refractivity contribution is 6.31. The minimum Gasteiger partial charge on any atom is -0.507 e. The first-order chi connectivity index (χ1) is 8.99. The maximum absolute atomic E-state index is 12.4. The molecule has 2 aromatic carbocycles. The highest BCUT2D eigenvalue weighted by atomic mass is 35.5. The summed E-state index contributed by atoms with van der Waals surface area (Å²) in [5, 5.41) is 11.1. The zero-order valence-corrected chi connectivity index (χ0v) is 11.2. The molecule has 3 nitrogen and oxygen atoms in total. The van der Waals surface area contributed by atoms with Crippen molar-refractivity contribution in [2.45, 2.75) is 13.8 Å². The molecule has 1 aromatic heterocycles. The first-order valence-electron chi connectivity index (χ1n) is 5.84. The minimum absolute atomic E-state index is 0.0521. The summed E-state index contributed by atoms with van der Waals surface area (Å²) in [6, 6.07) is 6.43. The molecule has 1 N–H and O–H groups in total. The van der Waals surface area contributed by atoms with Crippen molar-refractivity contribution in [2.24, 2.45) is 0 Å². The van der Waals surface area contributed by atoms with E-state index in [2.05, 4.69) is 0 Å². The lowest BCUT2D eigenvalue weighted by atomic mass is 10.0. The highest BCUT2D eigenvalue weighted by Gasteiger charge is 2.15. The molecule has 0 aliphatic heterocycles. The second-order valence-corrected chi connectivity index (χ2v) is 5.05. The van der Waals surface area contributed by atoms with Crippen molar-refractivity contribution in [2.75, 3.05) is 0 Å². The fraction of sp³-hybridized carbons (Fsp3) is 0.133. The molecule has 0 unspecified atom stereocenters. The van der Waals surface area contributed by atoms with Crippen molar-refractivity contribution in [1.82, 2.24) is 0 Å². The van der Waals surface area contributed by atoms with Gasteiger partial charge in [-0.25, -0.2) is 0 Å². The summed E-state index contributed by atoms with van der Waals surface area (Å²) in [6.45, 7) is 3.72. The number of aryl methyl sites for hydroxylation is 2. The lowest BCUT2D eigenvalue weighted by molar-refractivity contribution is 0.479. The van der Waals surface area contributed by atoms with Crippen LogP contribution in [0.5, 0.6) is 5.75 Å². The van der Waals surface area contributed by atoms with Gasteiger partial charge in [0.2, 0.25) is 5.43 Å². The molecule has 19 heavy (non-hydrogen) atoms. The van der Waals surface area contributed by atoms with Crippen LogP contribution in [0.15, 0.2) is 33.5 Å². The van der Waals surface area contributed by atoms with Crippen LogP contribution in [0.3, 0.4) is 0 Å². The Morgan fingerprint density at radius 3 is 2.68 bits per heavy atom. The maximum atomic E-state index is 12.4. The largest absolute Gasteiger partial charge is 0.507 e. The van der Waals surface area contributed by atoms with Gasteiger partial charge in [-0.3, -0.25) is 4.79 Å². The molecule has 0 bridgehead atoms. The zero-order valence-electron chi connectivity index (χ0n) is 10.5. The Labute approximate surface area is 114 Å². The SMILES string of the molecule is Cc1cc(O)c2c(=O)c3ccc(Cl)cc3oc2c1C. The van der Waals surface area contributed by atoms with Crippen molar-refractivity contribution in [3.05, 3.63) is 50.6 Å². The molecule has 0 aliphatic carbocycles. The third-order valence-corrected chi connectivity index (χ3v) is 3.63. The first kappa shape index (κ1) is 12.1. The highest BCUT2D eigenvalue weighted by Crippen LogP contribution is 2.30. The Kier molecular flexibility index (Phi) is 2.54. The number of benzene rings is 2. The van der Waals surface area contributed by atoms with E-state index in [-0.39, 0.29) is 16.6 Å². The van der Waals surface area contributed by atoms with Crippen LogP contribution in [-0.4, -0.2) is 5.11 Å². The van der Waals surface area contributed by atoms with Crippen molar-refractivity contribution in [3.63, 3.8) is 0 Å². The molecule has 0 aliphatic rings. The van der Waals surface area contributed by atoms with Crippen LogP contribution in [-0.2, 0) is 0 Å². The molecule has 96 valence electrons. The lowest BCUT2D eigenvalue weighted by Crippen LogP contribution is -2.03. The molecule has 4 heteroatoms. The monoisotopic (exact) mass is 274 g/mol. The second kappa shape index (κ2) is 4.00. The van der Waals surface area contributed by atoms with E-state index in [0.717, 1.165) is 11.1 Å². The lowest BCUT2D eigenvalue weighted by Gasteiger charge is -2.08. The van der Waals surface area contributed by atoms with Crippen LogP contribution >= 0.6 is 11.6 Å². The van der Waals surface area contributed by atoms with E-state index in [9.17, 15) is 9.90 Å². The van der Waals surface area contributed by atoms with Crippen LogP contribution in [0, 0.1) is 13.8 Å². The number of phenolic OH excluding ortho intramolecular Hbond substituents is 1. The van der Waals surface area contributed by atoms with Crippen molar-refractivity contribution in [3.8, 4) is 5.75 Å². The maximum Gasteiger partial charge on any atom is 0.204 e. The fourth-order valence-electron chi connectivity index (χ4n) is 2.23. The summed E-state index contributed by atoms with van der Waals surface area (Å²) < 4.78 is 5.76. The van der Waals surface area contributed by atoms with Crippen molar-refractivity contribution in [1.29, 1.82) is 0 Å². The molecule has 3 rings (SSSR count). The van der Waals surface area contributed by atoms with Gasteiger partial charge in [-0.2, -0.15) is 0 Å². The molecular weight excluding hydrogens is 264 g/mol. The van der Waals surface area contributed by atoms with E-state index in [1.807, 2.05) is 13.8 Å². The fourth-order valence-corrected chi connectivity index (χ4v) is 2.39. The Bertz CT molecular complexity index is 878. The van der Waals surface area contributed by atoms with Gasteiger partial charge in [-0.15, -0.1) is 0 Å². The van der Waals surface area contributed by atoms with Gasteiger partial charge in [0.05, 0.1) is 5.39 Å². The molecular formula is C15H11ClO3. The van der Waals surface area contributed by atoms with Gasteiger partial charge in [0.25, 0.3) is 0 Å². The summed E-state index contributed by atoms with van der Waals surface area (Å²) in [5.74, 6) is -0.0521. The summed E-state index contributed by atoms with van der Waals surface area (Å²) in [6.07, 6.45) is 0. The molecule has 0 radical (unpaired) electrons. The molecule has 0 atom stereocenters. The molecule has 3 aromatic rings. The molecule has 0 spiro atoms. The average molecular weight is 275 g/mol. The van der Waals surface area contributed by atoms with E-state index in [4.69, 9.17) is 16.0 Å². The van der Waals surface area contributed by atoms with E-state index < -0.39 is 0 Å². The number of rotatable bonds is 0. The third kappa shape index (κ3) is 1.70. The molecule has 0 saturated carbocycles. The van der Waals surface area contributed by atoms with Crippen molar-refractivity contribution >= 4 is 33.5 Å². The second-order valence-electron chi connectivity index (χ2n) is 4.61. The quantitative estimate of drug-likeness (QED) is 0.632. The van der Waals surface area contributed by atoms with Crippen LogP contribution in [0.4, 0.5) is 0 Å². The number of halogens is 1. The molecule has 0 amide bonds. The van der Waals surface area contributed by atoms with E-state index >= 15 is 0 Å². The van der Waals surface area contributed by atoms with Gasteiger partial charge in [0.1, 0.15) is 22.3 Å². The van der Waals surface area contributed by atoms with Crippen LogP contribution < -0.4 is 5.43 Å². The Morgan fingerprint density at radius 2 is 1.95 bits per heavy atom. The van der Waals surface area contributed by atoms with Crippen molar-refractivity contribution < 1.29 is 9.52 Å². The number of fused-ring (bicyclic) bond motifs is 2. The van der Waals surface area contributed by atoms with Gasteiger partial charge in [-0.05, 0) is 43.2 Å². The molecule has 0 fully saturated rings. The number of hydrogen-bond acceptors (Lipinski definition) is 3. The number of aromatic hydroxyl groups is 1. The van der Waals surface area contributed by atoms with Crippen LogP contribution in [0.2, 0.25) is 5.02 Å². The van der Waals surface area contributed by atoms with Gasteiger partial charge in [0, 0.05) is 11.1 Å². The normalized spacial score (nSPS) is 11.3. The first-order valence-corrected chi connectivity index (χ1v) is 6.22. The smallest absolute Gasteiger partial charge is 0.204 e. The Hall–Kier alpha value is -2.00. The standard InChI is InChI=1S/C15H11ClO3/c1-7-5-11(17)13-14(18)10-4-3-9(16)6-12(10)19-15(13)8(7)2/h3-6,17H,1-2H3. The van der Waals surface area contributed by atoms with Gasteiger partial charge >= 0.3 is 0 Å². The Morgan fingerprint density at radius 1 is 1.21 bits per heavy atom. The van der Waals surface area contributed by atoms with Gasteiger partial charge in [-0.1, -0.05) is 11.6 Å². The summed E-state index contributed by atoms with van der Waals surface area (Å²) >= 11 is 5.91.